The van der Waals surface area contributed by atoms with Crippen molar-refractivity contribution < 1.29 is 14.7 Å². The molecule has 104 valence electrons. The SMILES string of the molecule is CC(C)C(N)C(=O)NC1CCCCC1(C)C(=O)O. The van der Waals surface area contributed by atoms with Crippen LogP contribution in [0.15, 0.2) is 0 Å². The highest BCUT2D eigenvalue weighted by Crippen LogP contribution is 2.36. The van der Waals surface area contributed by atoms with Crippen molar-refractivity contribution in [2.45, 2.75) is 58.5 Å². The first kappa shape index (κ1) is 15.0. The average Bonchev–Trinajstić information content (AvgIpc) is 2.30. The van der Waals surface area contributed by atoms with Gasteiger partial charge in [0, 0.05) is 6.04 Å². The molecule has 3 unspecified atom stereocenters. The Morgan fingerprint density at radius 1 is 1.39 bits per heavy atom. The van der Waals surface area contributed by atoms with E-state index in [1.165, 1.54) is 0 Å². The summed E-state index contributed by atoms with van der Waals surface area (Å²) < 4.78 is 0. The number of nitrogens with two attached hydrogens (primary N) is 1. The summed E-state index contributed by atoms with van der Waals surface area (Å²) in [6.45, 7) is 5.46. The number of rotatable bonds is 4. The number of hydrogen-bond acceptors (Lipinski definition) is 3. The quantitative estimate of drug-likeness (QED) is 0.702. The van der Waals surface area contributed by atoms with Gasteiger partial charge in [-0.05, 0) is 25.7 Å². The number of aliphatic carboxylic acids is 1. The molecule has 0 radical (unpaired) electrons. The van der Waals surface area contributed by atoms with Crippen LogP contribution < -0.4 is 11.1 Å². The number of hydrogen-bond donors (Lipinski definition) is 3. The second kappa shape index (κ2) is 5.69. The van der Waals surface area contributed by atoms with Crippen LogP contribution in [0.2, 0.25) is 0 Å². The van der Waals surface area contributed by atoms with Gasteiger partial charge in [-0.1, -0.05) is 26.7 Å². The van der Waals surface area contributed by atoms with Crippen LogP contribution in [0.5, 0.6) is 0 Å². The number of carbonyl (C=O) groups is 2. The van der Waals surface area contributed by atoms with E-state index in [-0.39, 0.29) is 17.9 Å². The Bertz CT molecular complexity index is 330. The average molecular weight is 256 g/mol. The molecule has 1 rings (SSSR count). The van der Waals surface area contributed by atoms with E-state index in [4.69, 9.17) is 5.73 Å². The molecule has 0 spiro atoms. The highest BCUT2D eigenvalue weighted by Gasteiger charge is 2.44. The molecule has 5 nitrogen and oxygen atoms in total. The van der Waals surface area contributed by atoms with Crippen molar-refractivity contribution in [3.05, 3.63) is 0 Å². The van der Waals surface area contributed by atoms with E-state index in [0.717, 1.165) is 12.8 Å². The third-order valence-corrected chi connectivity index (χ3v) is 4.03. The molecule has 3 atom stereocenters. The lowest BCUT2D eigenvalue weighted by Gasteiger charge is -2.39. The Hall–Kier alpha value is -1.10. The maximum atomic E-state index is 11.9. The summed E-state index contributed by atoms with van der Waals surface area (Å²) in [6.07, 6.45) is 3.15. The highest BCUT2D eigenvalue weighted by molar-refractivity contribution is 5.83. The van der Waals surface area contributed by atoms with Gasteiger partial charge < -0.3 is 16.2 Å². The number of carboxylic acid groups (broad SMARTS) is 1. The first-order valence-electron chi connectivity index (χ1n) is 6.58. The molecule has 0 aromatic carbocycles. The van der Waals surface area contributed by atoms with E-state index < -0.39 is 17.4 Å². The van der Waals surface area contributed by atoms with E-state index in [9.17, 15) is 14.7 Å². The van der Waals surface area contributed by atoms with Crippen LogP contribution >= 0.6 is 0 Å². The van der Waals surface area contributed by atoms with Crippen LogP contribution in [0.1, 0.15) is 46.5 Å². The largest absolute Gasteiger partial charge is 0.481 e. The zero-order valence-corrected chi connectivity index (χ0v) is 11.4. The van der Waals surface area contributed by atoms with Crippen molar-refractivity contribution in [2.24, 2.45) is 17.1 Å². The molecule has 18 heavy (non-hydrogen) atoms. The fourth-order valence-corrected chi connectivity index (χ4v) is 2.39. The maximum Gasteiger partial charge on any atom is 0.311 e. The minimum atomic E-state index is -0.870. The minimum Gasteiger partial charge on any atom is -0.481 e. The molecule has 0 saturated heterocycles. The number of carbonyl (C=O) groups excluding carboxylic acids is 1. The summed E-state index contributed by atoms with van der Waals surface area (Å²) in [5.74, 6) is -1.04. The number of amides is 1. The van der Waals surface area contributed by atoms with E-state index in [1.807, 2.05) is 13.8 Å². The molecule has 1 aliphatic rings. The minimum absolute atomic E-state index is 0.0460. The van der Waals surface area contributed by atoms with Crippen LogP contribution in [-0.4, -0.2) is 29.1 Å². The summed E-state index contributed by atoms with van der Waals surface area (Å²) in [4.78, 5) is 23.3. The number of nitrogens with one attached hydrogen (secondary N) is 1. The van der Waals surface area contributed by atoms with Gasteiger partial charge in [0.25, 0.3) is 0 Å². The van der Waals surface area contributed by atoms with Gasteiger partial charge in [0.15, 0.2) is 0 Å². The van der Waals surface area contributed by atoms with E-state index >= 15 is 0 Å². The molecule has 0 bridgehead atoms. The zero-order chi connectivity index (χ0) is 13.9. The van der Waals surface area contributed by atoms with Gasteiger partial charge in [-0.25, -0.2) is 0 Å². The van der Waals surface area contributed by atoms with Gasteiger partial charge >= 0.3 is 5.97 Å². The Kier molecular flexibility index (Phi) is 4.73. The summed E-state index contributed by atoms with van der Waals surface area (Å²) in [6, 6.07) is -0.897. The Balaban J connectivity index is 2.74. The summed E-state index contributed by atoms with van der Waals surface area (Å²) in [5.41, 5.74) is 4.91. The topological polar surface area (TPSA) is 92.4 Å². The first-order valence-corrected chi connectivity index (χ1v) is 6.58. The summed E-state index contributed by atoms with van der Waals surface area (Å²) >= 11 is 0. The smallest absolute Gasteiger partial charge is 0.311 e. The van der Waals surface area contributed by atoms with Crippen LogP contribution in [-0.2, 0) is 9.59 Å². The Morgan fingerprint density at radius 2 is 2.00 bits per heavy atom. The maximum absolute atomic E-state index is 11.9. The molecule has 0 heterocycles. The zero-order valence-electron chi connectivity index (χ0n) is 11.4. The van der Waals surface area contributed by atoms with E-state index in [1.54, 1.807) is 6.92 Å². The normalized spacial score (nSPS) is 29.9. The van der Waals surface area contributed by atoms with Crippen molar-refractivity contribution in [1.29, 1.82) is 0 Å². The van der Waals surface area contributed by atoms with Crippen LogP contribution in [0, 0.1) is 11.3 Å². The Labute approximate surface area is 108 Å². The third-order valence-electron chi connectivity index (χ3n) is 4.03. The van der Waals surface area contributed by atoms with Crippen LogP contribution in [0.4, 0.5) is 0 Å². The fraction of sp³-hybridized carbons (Fsp3) is 0.846. The predicted molar refractivity (Wildman–Crippen MR) is 69.0 cm³/mol. The van der Waals surface area contributed by atoms with Crippen molar-refractivity contribution in [3.63, 3.8) is 0 Å². The van der Waals surface area contributed by atoms with Crippen molar-refractivity contribution in [2.75, 3.05) is 0 Å². The molecule has 5 heteroatoms. The molecule has 0 aliphatic heterocycles. The van der Waals surface area contributed by atoms with Crippen molar-refractivity contribution >= 4 is 11.9 Å². The standard InChI is InChI=1S/C13H24N2O3/c1-8(2)10(14)11(16)15-9-6-4-5-7-13(9,3)12(17)18/h8-10H,4-7,14H2,1-3H3,(H,15,16)(H,17,18). The van der Waals surface area contributed by atoms with Gasteiger partial charge in [0.2, 0.25) is 5.91 Å². The summed E-state index contributed by atoms with van der Waals surface area (Å²) in [7, 11) is 0. The lowest BCUT2D eigenvalue weighted by atomic mass is 9.71. The van der Waals surface area contributed by atoms with Gasteiger partial charge in [-0.15, -0.1) is 0 Å². The molecule has 1 amide bonds. The third kappa shape index (κ3) is 3.02. The van der Waals surface area contributed by atoms with Gasteiger partial charge in [0.1, 0.15) is 0 Å². The van der Waals surface area contributed by atoms with Gasteiger partial charge in [-0.3, -0.25) is 9.59 Å². The van der Waals surface area contributed by atoms with Crippen molar-refractivity contribution in [3.8, 4) is 0 Å². The lowest BCUT2D eigenvalue weighted by Crippen LogP contribution is -2.56. The molecule has 0 aromatic heterocycles. The molecule has 1 saturated carbocycles. The Morgan fingerprint density at radius 3 is 2.50 bits per heavy atom. The molecule has 1 aliphatic carbocycles. The predicted octanol–water partition coefficient (Wildman–Crippen LogP) is 1.12. The van der Waals surface area contributed by atoms with E-state index in [2.05, 4.69) is 5.32 Å². The first-order chi connectivity index (χ1) is 8.29. The van der Waals surface area contributed by atoms with Crippen LogP contribution in [0.3, 0.4) is 0 Å². The molecular weight excluding hydrogens is 232 g/mol. The number of carboxylic acids is 1. The van der Waals surface area contributed by atoms with Crippen molar-refractivity contribution in [1.82, 2.24) is 5.32 Å². The summed E-state index contributed by atoms with van der Waals surface area (Å²) in [5, 5.41) is 12.2. The van der Waals surface area contributed by atoms with Gasteiger partial charge in [-0.2, -0.15) is 0 Å². The van der Waals surface area contributed by atoms with Crippen LogP contribution in [0.25, 0.3) is 0 Å². The molecule has 4 N–H and O–H groups in total. The highest BCUT2D eigenvalue weighted by atomic mass is 16.4. The molecule has 0 aromatic rings. The molecular formula is C13H24N2O3. The van der Waals surface area contributed by atoms with E-state index in [0.29, 0.717) is 12.8 Å². The lowest BCUT2D eigenvalue weighted by molar-refractivity contribution is -0.152. The second-order valence-electron chi connectivity index (χ2n) is 5.80. The second-order valence-corrected chi connectivity index (χ2v) is 5.80. The monoisotopic (exact) mass is 256 g/mol. The fourth-order valence-electron chi connectivity index (χ4n) is 2.39. The van der Waals surface area contributed by atoms with Gasteiger partial charge in [0.05, 0.1) is 11.5 Å². The molecule has 1 fully saturated rings.